The van der Waals surface area contributed by atoms with E-state index in [1.165, 1.54) is 5.56 Å². The summed E-state index contributed by atoms with van der Waals surface area (Å²) in [6, 6.07) is 9.64. The van der Waals surface area contributed by atoms with E-state index in [0.29, 0.717) is 11.5 Å². The van der Waals surface area contributed by atoms with Crippen molar-refractivity contribution in [3.8, 4) is 22.6 Å². The lowest BCUT2D eigenvalue weighted by atomic mass is 9.94. The van der Waals surface area contributed by atoms with Crippen molar-refractivity contribution < 1.29 is 10.2 Å². The predicted octanol–water partition coefficient (Wildman–Crippen LogP) is 4.45. The standard InChI is InChI=1S/C18H22O2/c1-4-12-9-14(6-3)18(20)16(10-12)15-7-8-17(19)13(5-2)11-15/h7-11,19-20H,4-6H2,1-3H3. The second-order valence-corrected chi connectivity index (χ2v) is 5.06. The quantitative estimate of drug-likeness (QED) is 0.861. The minimum absolute atomic E-state index is 0.318. The molecule has 0 unspecified atom stereocenters. The Bertz CT molecular complexity index is 615. The van der Waals surface area contributed by atoms with Crippen LogP contribution in [0.2, 0.25) is 0 Å². The maximum absolute atomic E-state index is 10.4. The van der Waals surface area contributed by atoms with Crippen molar-refractivity contribution in [3.05, 3.63) is 47.0 Å². The minimum Gasteiger partial charge on any atom is -0.508 e. The van der Waals surface area contributed by atoms with Crippen LogP contribution in [0.15, 0.2) is 30.3 Å². The van der Waals surface area contributed by atoms with Gasteiger partial charge < -0.3 is 10.2 Å². The first-order valence-corrected chi connectivity index (χ1v) is 7.27. The van der Waals surface area contributed by atoms with Crippen LogP contribution < -0.4 is 0 Å². The van der Waals surface area contributed by atoms with Gasteiger partial charge in [-0.1, -0.05) is 32.9 Å². The number of rotatable bonds is 4. The minimum atomic E-state index is 0.318. The lowest BCUT2D eigenvalue weighted by Crippen LogP contribution is -1.92. The molecule has 0 aliphatic carbocycles. The van der Waals surface area contributed by atoms with Gasteiger partial charge in [-0.05, 0) is 59.7 Å². The summed E-state index contributed by atoms with van der Waals surface area (Å²) in [5.74, 6) is 0.676. The number of phenolic OH excluding ortho intramolecular Hbond substituents is 2. The Morgan fingerprint density at radius 3 is 2.10 bits per heavy atom. The molecule has 2 nitrogen and oxygen atoms in total. The molecule has 2 N–H and O–H groups in total. The second kappa shape index (κ2) is 6.00. The Balaban J connectivity index is 2.62. The van der Waals surface area contributed by atoms with Gasteiger partial charge in [0.05, 0.1) is 0 Å². The highest BCUT2D eigenvalue weighted by atomic mass is 16.3. The Hall–Kier alpha value is -1.96. The third-order valence-electron chi connectivity index (χ3n) is 3.81. The zero-order valence-corrected chi connectivity index (χ0v) is 12.4. The van der Waals surface area contributed by atoms with Crippen molar-refractivity contribution >= 4 is 0 Å². The topological polar surface area (TPSA) is 40.5 Å². The molecular formula is C18H22O2. The molecule has 2 heteroatoms. The number of aromatic hydroxyl groups is 2. The molecule has 0 aliphatic rings. The monoisotopic (exact) mass is 270 g/mol. The predicted molar refractivity (Wildman–Crippen MR) is 83.3 cm³/mol. The van der Waals surface area contributed by atoms with E-state index in [2.05, 4.69) is 13.0 Å². The summed E-state index contributed by atoms with van der Waals surface area (Å²) in [5, 5.41) is 20.2. The van der Waals surface area contributed by atoms with Crippen LogP contribution >= 0.6 is 0 Å². The average Bonchev–Trinajstić information content (AvgIpc) is 2.48. The Morgan fingerprint density at radius 1 is 0.800 bits per heavy atom. The number of hydrogen-bond acceptors (Lipinski definition) is 2. The van der Waals surface area contributed by atoms with Crippen LogP contribution in [0.5, 0.6) is 11.5 Å². The molecule has 0 aliphatic heterocycles. The van der Waals surface area contributed by atoms with Gasteiger partial charge in [0.1, 0.15) is 11.5 Å². The highest BCUT2D eigenvalue weighted by Gasteiger charge is 2.12. The van der Waals surface area contributed by atoms with Crippen molar-refractivity contribution in [2.75, 3.05) is 0 Å². The molecule has 0 amide bonds. The van der Waals surface area contributed by atoms with Gasteiger partial charge in [0.2, 0.25) is 0 Å². The smallest absolute Gasteiger partial charge is 0.126 e. The molecule has 2 aromatic carbocycles. The van der Waals surface area contributed by atoms with E-state index in [0.717, 1.165) is 41.5 Å². The summed E-state index contributed by atoms with van der Waals surface area (Å²) < 4.78 is 0. The van der Waals surface area contributed by atoms with Crippen LogP contribution in [0.25, 0.3) is 11.1 Å². The molecule has 0 saturated carbocycles. The molecular weight excluding hydrogens is 248 g/mol. The zero-order chi connectivity index (χ0) is 14.7. The summed E-state index contributed by atoms with van der Waals surface area (Å²) in [5.41, 5.74) is 4.92. The van der Waals surface area contributed by atoms with E-state index in [4.69, 9.17) is 0 Å². The average molecular weight is 270 g/mol. The van der Waals surface area contributed by atoms with Gasteiger partial charge in [0.15, 0.2) is 0 Å². The molecule has 0 spiro atoms. The normalized spacial score (nSPS) is 10.8. The molecule has 2 rings (SSSR count). The van der Waals surface area contributed by atoms with E-state index in [1.807, 2.05) is 32.0 Å². The molecule has 0 atom stereocenters. The lowest BCUT2D eigenvalue weighted by Gasteiger charge is -2.13. The van der Waals surface area contributed by atoms with Crippen molar-refractivity contribution in [3.63, 3.8) is 0 Å². The number of aryl methyl sites for hydroxylation is 3. The molecule has 2 aromatic rings. The summed E-state index contributed by atoms with van der Waals surface area (Å²) >= 11 is 0. The van der Waals surface area contributed by atoms with Gasteiger partial charge in [0.25, 0.3) is 0 Å². The van der Waals surface area contributed by atoms with E-state index >= 15 is 0 Å². The highest BCUT2D eigenvalue weighted by Crippen LogP contribution is 2.36. The van der Waals surface area contributed by atoms with Gasteiger partial charge in [-0.3, -0.25) is 0 Å². The van der Waals surface area contributed by atoms with Crippen LogP contribution in [-0.4, -0.2) is 10.2 Å². The fourth-order valence-electron chi connectivity index (χ4n) is 2.49. The van der Waals surface area contributed by atoms with Crippen molar-refractivity contribution in [2.45, 2.75) is 40.0 Å². The van der Waals surface area contributed by atoms with Crippen LogP contribution in [0.3, 0.4) is 0 Å². The maximum atomic E-state index is 10.4. The number of hydrogen-bond donors (Lipinski definition) is 2. The first-order valence-electron chi connectivity index (χ1n) is 7.27. The molecule has 0 bridgehead atoms. The SMILES string of the molecule is CCc1cc(CC)c(O)c(-c2ccc(O)c(CC)c2)c1. The van der Waals surface area contributed by atoms with Crippen molar-refractivity contribution in [1.29, 1.82) is 0 Å². The Morgan fingerprint density at radius 2 is 1.50 bits per heavy atom. The van der Waals surface area contributed by atoms with Gasteiger partial charge in [0, 0.05) is 5.56 Å². The van der Waals surface area contributed by atoms with Gasteiger partial charge in [-0.15, -0.1) is 0 Å². The highest BCUT2D eigenvalue weighted by molar-refractivity contribution is 5.74. The molecule has 0 heterocycles. The Labute approximate surface area is 120 Å². The van der Waals surface area contributed by atoms with Crippen molar-refractivity contribution in [2.24, 2.45) is 0 Å². The lowest BCUT2D eigenvalue weighted by molar-refractivity contribution is 0.467. The number of benzene rings is 2. The molecule has 0 saturated heterocycles. The van der Waals surface area contributed by atoms with Crippen LogP contribution in [0.1, 0.15) is 37.5 Å². The van der Waals surface area contributed by atoms with E-state index < -0.39 is 0 Å². The summed E-state index contributed by atoms with van der Waals surface area (Å²) in [6.07, 6.45) is 2.53. The van der Waals surface area contributed by atoms with Crippen LogP contribution in [0.4, 0.5) is 0 Å². The zero-order valence-electron chi connectivity index (χ0n) is 12.4. The molecule has 0 fully saturated rings. The number of phenols is 2. The van der Waals surface area contributed by atoms with Crippen LogP contribution in [0, 0.1) is 0 Å². The molecule has 0 aromatic heterocycles. The first-order chi connectivity index (χ1) is 9.60. The van der Waals surface area contributed by atoms with E-state index in [1.54, 1.807) is 6.07 Å². The molecule has 0 radical (unpaired) electrons. The van der Waals surface area contributed by atoms with Gasteiger partial charge in [-0.25, -0.2) is 0 Å². The third kappa shape index (κ3) is 2.64. The Kier molecular flexibility index (Phi) is 4.33. The third-order valence-corrected chi connectivity index (χ3v) is 3.81. The van der Waals surface area contributed by atoms with Gasteiger partial charge in [-0.2, -0.15) is 0 Å². The summed E-state index contributed by atoms with van der Waals surface area (Å²) in [4.78, 5) is 0. The largest absolute Gasteiger partial charge is 0.508 e. The van der Waals surface area contributed by atoms with Gasteiger partial charge >= 0.3 is 0 Å². The van der Waals surface area contributed by atoms with E-state index in [-0.39, 0.29) is 0 Å². The molecule has 106 valence electrons. The summed E-state index contributed by atoms with van der Waals surface area (Å²) in [6.45, 7) is 6.18. The fourth-order valence-corrected chi connectivity index (χ4v) is 2.49. The van der Waals surface area contributed by atoms with E-state index in [9.17, 15) is 10.2 Å². The fraction of sp³-hybridized carbons (Fsp3) is 0.333. The van der Waals surface area contributed by atoms with Crippen LogP contribution in [-0.2, 0) is 19.3 Å². The summed E-state index contributed by atoms with van der Waals surface area (Å²) in [7, 11) is 0. The maximum Gasteiger partial charge on any atom is 0.126 e. The van der Waals surface area contributed by atoms with Crippen molar-refractivity contribution in [1.82, 2.24) is 0 Å². The second-order valence-electron chi connectivity index (χ2n) is 5.06. The first kappa shape index (κ1) is 14.4. The molecule has 20 heavy (non-hydrogen) atoms.